The SMILES string of the molecule is CC1(N)CCCc2cnc(C3CCC3)nc21. The maximum atomic E-state index is 6.33. The molecular weight excluding hydrogens is 198 g/mol. The van der Waals surface area contributed by atoms with Crippen LogP contribution in [0.1, 0.15) is 62.0 Å². The van der Waals surface area contributed by atoms with Crippen LogP contribution in [0.25, 0.3) is 0 Å². The van der Waals surface area contributed by atoms with Crippen molar-refractivity contribution in [3.8, 4) is 0 Å². The van der Waals surface area contributed by atoms with Crippen LogP contribution >= 0.6 is 0 Å². The van der Waals surface area contributed by atoms with E-state index in [1.54, 1.807) is 0 Å². The number of fused-ring (bicyclic) bond motifs is 1. The minimum atomic E-state index is -0.241. The van der Waals surface area contributed by atoms with Crippen LogP contribution in [0.3, 0.4) is 0 Å². The van der Waals surface area contributed by atoms with Gasteiger partial charge in [0.15, 0.2) is 0 Å². The van der Waals surface area contributed by atoms with Gasteiger partial charge in [-0.2, -0.15) is 0 Å². The van der Waals surface area contributed by atoms with E-state index in [1.165, 1.54) is 24.8 Å². The van der Waals surface area contributed by atoms with E-state index in [9.17, 15) is 0 Å². The van der Waals surface area contributed by atoms with Gasteiger partial charge in [0.25, 0.3) is 0 Å². The second kappa shape index (κ2) is 3.52. The van der Waals surface area contributed by atoms with Crippen LogP contribution in [-0.4, -0.2) is 9.97 Å². The first-order chi connectivity index (χ1) is 7.67. The molecule has 0 saturated heterocycles. The number of rotatable bonds is 1. The van der Waals surface area contributed by atoms with Crippen molar-refractivity contribution in [1.29, 1.82) is 0 Å². The summed E-state index contributed by atoms with van der Waals surface area (Å²) in [5.74, 6) is 1.63. The first-order valence-corrected chi connectivity index (χ1v) is 6.32. The highest BCUT2D eigenvalue weighted by molar-refractivity contribution is 5.28. The molecule has 0 spiro atoms. The highest BCUT2D eigenvalue weighted by atomic mass is 14.9. The number of hydrogen-bond acceptors (Lipinski definition) is 3. The second-order valence-corrected chi connectivity index (χ2v) is 5.50. The van der Waals surface area contributed by atoms with Crippen molar-refractivity contribution in [2.24, 2.45) is 5.73 Å². The van der Waals surface area contributed by atoms with E-state index < -0.39 is 0 Å². The fraction of sp³-hybridized carbons (Fsp3) is 0.692. The minimum Gasteiger partial charge on any atom is -0.320 e. The van der Waals surface area contributed by atoms with E-state index in [0.29, 0.717) is 5.92 Å². The van der Waals surface area contributed by atoms with Gasteiger partial charge in [-0.3, -0.25) is 0 Å². The normalized spacial score (nSPS) is 29.6. The summed E-state index contributed by atoms with van der Waals surface area (Å²) >= 11 is 0. The summed E-state index contributed by atoms with van der Waals surface area (Å²) in [6.45, 7) is 2.10. The third-order valence-electron chi connectivity index (χ3n) is 4.04. The van der Waals surface area contributed by atoms with E-state index in [2.05, 4.69) is 11.9 Å². The third kappa shape index (κ3) is 1.54. The van der Waals surface area contributed by atoms with Crippen molar-refractivity contribution >= 4 is 0 Å². The van der Waals surface area contributed by atoms with Gasteiger partial charge in [0, 0.05) is 12.1 Å². The minimum absolute atomic E-state index is 0.241. The Balaban J connectivity index is 2.01. The summed E-state index contributed by atoms with van der Waals surface area (Å²) in [6, 6.07) is 0. The topological polar surface area (TPSA) is 51.8 Å². The Bertz CT molecular complexity index is 408. The average Bonchev–Trinajstić information content (AvgIpc) is 2.16. The van der Waals surface area contributed by atoms with E-state index >= 15 is 0 Å². The summed E-state index contributed by atoms with van der Waals surface area (Å²) in [5, 5.41) is 0. The van der Waals surface area contributed by atoms with E-state index in [4.69, 9.17) is 10.7 Å². The number of nitrogens with zero attached hydrogens (tertiary/aromatic N) is 2. The molecule has 0 aromatic carbocycles. The van der Waals surface area contributed by atoms with Crippen molar-refractivity contribution in [2.45, 2.75) is 56.9 Å². The Morgan fingerprint density at radius 3 is 2.88 bits per heavy atom. The molecule has 16 heavy (non-hydrogen) atoms. The lowest BCUT2D eigenvalue weighted by Crippen LogP contribution is -2.38. The predicted octanol–water partition coefficient (Wildman–Crippen LogP) is 2.25. The van der Waals surface area contributed by atoms with Gasteiger partial charge in [0.2, 0.25) is 0 Å². The molecule has 1 fully saturated rings. The molecule has 0 bridgehead atoms. The number of aromatic nitrogens is 2. The molecule has 0 amide bonds. The van der Waals surface area contributed by atoms with Gasteiger partial charge in [0.05, 0.1) is 11.2 Å². The van der Waals surface area contributed by atoms with Crippen LogP contribution in [-0.2, 0) is 12.0 Å². The summed E-state index contributed by atoms with van der Waals surface area (Å²) in [7, 11) is 0. The smallest absolute Gasteiger partial charge is 0.131 e. The zero-order valence-electron chi connectivity index (χ0n) is 9.87. The van der Waals surface area contributed by atoms with Gasteiger partial charge in [-0.1, -0.05) is 6.42 Å². The molecule has 3 nitrogen and oxygen atoms in total. The molecule has 86 valence electrons. The molecule has 1 heterocycles. The summed E-state index contributed by atoms with van der Waals surface area (Å²) in [6.07, 6.45) is 9.13. The van der Waals surface area contributed by atoms with E-state index in [0.717, 1.165) is 30.8 Å². The Kier molecular flexibility index (Phi) is 2.25. The quantitative estimate of drug-likeness (QED) is 0.785. The van der Waals surface area contributed by atoms with Crippen molar-refractivity contribution < 1.29 is 0 Å². The fourth-order valence-electron chi connectivity index (χ4n) is 2.73. The molecule has 0 radical (unpaired) electrons. The lowest BCUT2D eigenvalue weighted by molar-refractivity contribution is 0.371. The maximum Gasteiger partial charge on any atom is 0.131 e. The molecule has 1 atom stereocenters. The summed E-state index contributed by atoms with van der Waals surface area (Å²) in [4.78, 5) is 9.26. The van der Waals surface area contributed by atoms with E-state index in [-0.39, 0.29) is 5.54 Å². The molecule has 2 aliphatic carbocycles. The van der Waals surface area contributed by atoms with Crippen LogP contribution in [0.2, 0.25) is 0 Å². The third-order valence-corrected chi connectivity index (χ3v) is 4.04. The van der Waals surface area contributed by atoms with Crippen molar-refractivity contribution in [3.63, 3.8) is 0 Å². The largest absolute Gasteiger partial charge is 0.320 e. The first-order valence-electron chi connectivity index (χ1n) is 6.32. The molecule has 1 aromatic heterocycles. The molecule has 1 unspecified atom stereocenters. The lowest BCUT2D eigenvalue weighted by atomic mass is 9.81. The lowest BCUT2D eigenvalue weighted by Gasteiger charge is -2.32. The predicted molar refractivity (Wildman–Crippen MR) is 63.1 cm³/mol. The van der Waals surface area contributed by atoms with Crippen molar-refractivity contribution in [1.82, 2.24) is 9.97 Å². The Morgan fingerprint density at radius 1 is 1.38 bits per heavy atom. The number of nitrogens with two attached hydrogens (primary N) is 1. The highest BCUT2D eigenvalue weighted by Gasteiger charge is 2.31. The molecule has 2 aliphatic rings. The van der Waals surface area contributed by atoms with Crippen LogP contribution in [0.5, 0.6) is 0 Å². The molecule has 3 heteroatoms. The summed E-state index contributed by atoms with van der Waals surface area (Å²) < 4.78 is 0. The first kappa shape index (κ1) is 10.2. The maximum absolute atomic E-state index is 6.33. The molecule has 1 aromatic rings. The Hall–Kier alpha value is -0.960. The molecular formula is C13H19N3. The summed E-state index contributed by atoms with van der Waals surface area (Å²) in [5.41, 5.74) is 8.46. The Morgan fingerprint density at radius 2 is 2.19 bits per heavy atom. The van der Waals surface area contributed by atoms with Crippen molar-refractivity contribution in [3.05, 3.63) is 23.3 Å². The van der Waals surface area contributed by atoms with Crippen LogP contribution in [0, 0.1) is 0 Å². The number of aryl methyl sites for hydroxylation is 1. The fourth-order valence-corrected chi connectivity index (χ4v) is 2.73. The highest BCUT2D eigenvalue weighted by Crippen LogP contribution is 2.37. The second-order valence-electron chi connectivity index (χ2n) is 5.50. The average molecular weight is 217 g/mol. The van der Waals surface area contributed by atoms with Crippen LogP contribution in [0.15, 0.2) is 6.20 Å². The van der Waals surface area contributed by atoms with Crippen LogP contribution in [0.4, 0.5) is 0 Å². The van der Waals surface area contributed by atoms with Crippen LogP contribution < -0.4 is 5.73 Å². The van der Waals surface area contributed by atoms with E-state index in [1.807, 2.05) is 6.20 Å². The van der Waals surface area contributed by atoms with Gasteiger partial charge in [-0.05, 0) is 44.6 Å². The standard InChI is InChI=1S/C13H19N3/c1-13(14)7-3-6-10-8-15-12(16-11(10)13)9-4-2-5-9/h8-9H,2-7,14H2,1H3. The zero-order chi connectivity index (χ0) is 11.2. The monoisotopic (exact) mass is 217 g/mol. The van der Waals surface area contributed by atoms with Gasteiger partial charge in [-0.15, -0.1) is 0 Å². The van der Waals surface area contributed by atoms with Gasteiger partial charge >= 0.3 is 0 Å². The van der Waals surface area contributed by atoms with Gasteiger partial charge in [-0.25, -0.2) is 9.97 Å². The molecule has 3 rings (SSSR count). The number of hydrogen-bond donors (Lipinski definition) is 1. The van der Waals surface area contributed by atoms with Gasteiger partial charge < -0.3 is 5.73 Å². The van der Waals surface area contributed by atoms with Crippen molar-refractivity contribution in [2.75, 3.05) is 0 Å². The molecule has 1 saturated carbocycles. The molecule has 2 N–H and O–H groups in total. The Labute approximate surface area is 96.5 Å². The zero-order valence-corrected chi connectivity index (χ0v) is 9.87. The van der Waals surface area contributed by atoms with Gasteiger partial charge in [0.1, 0.15) is 5.82 Å². The molecule has 0 aliphatic heterocycles.